The number of nitrogens with one attached hydrogen (secondary N) is 2. The van der Waals surface area contributed by atoms with Crippen molar-refractivity contribution in [1.82, 2.24) is 4.98 Å². The van der Waals surface area contributed by atoms with E-state index in [1.165, 1.54) is 5.56 Å². The molecule has 2 N–H and O–H groups in total. The summed E-state index contributed by atoms with van der Waals surface area (Å²) in [5.74, 6) is 0.180. The number of aryl methyl sites for hydroxylation is 1. The Balaban J connectivity index is 1.74. The number of rotatable bonds is 6. The zero-order valence-electron chi connectivity index (χ0n) is 16.0. The fourth-order valence-corrected chi connectivity index (χ4v) is 2.99. The summed E-state index contributed by atoms with van der Waals surface area (Å²) in [6, 6.07) is 18.1. The van der Waals surface area contributed by atoms with Gasteiger partial charge in [-0.2, -0.15) is 0 Å². The third-order valence-electron chi connectivity index (χ3n) is 4.51. The van der Waals surface area contributed by atoms with Crippen molar-refractivity contribution in [3.63, 3.8) is 0 Å². The molecule has 0 aliphatic heterocycles. The van der Waals surface area contributed by atoms with Gasteiger partial charge in [-0.05, 0) is 35.6 Å². The Bertz CT molecular complexity index is 920. The minimum Gasteiger partial charge on any atom is -0.380 e. The minimum atomic E-state index is -0.151. The molecule has 0 bridgehead atoms. The number of carbonyl (C=O) groups is 1. The van der Waals surface area contributed by atoms with Crippen LogP contribution in [0, 0.1) is 6.92 Å². The third-order valence-corrected chi connectivity index (χ3v) is 4.51. The number of nitrogens with zero attached hydrogens (tertiary/aromatic N) is 1. The smallest absolute Gasteiger partial charge is 0.257 e. The average Bonchev–Trinajstić information content (AvgIpc) is 2.68. The Labute approximate surface area is 160 Å². The molecule has 0 spiro atoms. The second-order valence-electron chi connectivity index (χ2n) is 6.95. The summed E-state index contributed by atoms with van der Waals surface area (Å²) in [5, 5.41) is 6.39. The molecule has 138 valence electrons. The molecule has 0 saturated carbocycles. The quantitative estimate of drug-likeness (QED) is 0.621. The van der Waals surface area contributed by atoms with Crippen molar-refractivity contribution in [2.24, 2.45) is 0 Å². The molecule has 27 heavy (non-hydrogen) atoms. The van der Waals surface area contributed by atoms with Crippen molar-refractivity contribution in [3.05, 3.63) is 89.2 Å². The molecule has 3 rings (SSSR count). The molecule has 0 unspecified atom stereocenters. The second kappa shape index (κ2) is 8.49. The molecule has 0 radical (unpaired) electrons. The Kier molecular flexibility index (Phi) is 5.87. The van der Waals surface area contributed by atoms with Gasteiger partial charge in [0.05, 0.1) is 11.3 Å². The van der Waals surface area contributed by atoms with Gasteiger partial charge in [0.25, 0.3) is 5.91 Å². The maximum absolute atomic E-state index is 12.8. The maximum Gasteiger partial charge on any atom is 0.257 e. The van der Waals surface area contributed by atoms with Gasteiger partial charge in [-0.3, -0.25) is 9.78 Å². The van der Waals surface area contributed by atoms with Gasteiger partial charge in [0.1, 0.15) is 0 Å². The molecule has 1 heterocycles. The first kappa shape index (κ1) is 18.6. The molecular formula is C23H25N3O. The van der Waals surface area contributed by atoms with Gasteiger partial charge in [-0.25, -0.2) is 0 Å². The summed E-state index contributed by atoms with van der Waals surface area (Å²) in [4.78, 5) is 17.0. The Morgan fingerprint density at radius 3 is 2.56 bits per heavy atom. The number of para-hydroxylation sites is 1. The van der Waals surface area contributed by atoms with E-state index in [0.29, 0.717) is 18.0 Å². The number of hydrogen-bond acceptors (Lipinski definition) is 3. The van der Waals surface area contributed by atoms with Crippen LogP contribution >= 0.6 is 0 Å². The summed E-state index contributed by atoms with van der Waals surface area (Å²) in [6.45, 7) is 6.95. The predicted molar refractivity (Wildman–Crippen MR) is 111 cm³/mol. The number of aromatic nitrogens is 1. The van der Waals surface area contributed by atoms with E-state index in [4.69, 9.17) is 0 Å². The van der Waals surface area contributed by atoms with Crippen LogP contribution < -0.4 is 10.6 Å². The summed E-state index contributed by atoms with van der Waals surface area (Å²) < 4.78 is 0. The Morgan fingerprint density at radius 2 is 1.81 bits per heavy atom. The SMILES string of the molecule is Cc1cccc(C(C)C)c1NC(=O)c1cncc(NCc2ccccc2)c1. The van der Waals surface area contributed by atoms with Gasteiger partial charge in [0, 0.05) is 24.6 Å². The van der Waals surface area contributed by atoms with Crippen LogP contribution in [-0.4, -0.2) is 10.9 Å². The molecule has 2 aromatic carbocycles. The van der Waals surface area contributed by atoms with Crippen LogP contribution in [0.15, 0.2) is 67.0 Å². The summed E-state index contributed by atoms with van der Waals surface area (Å²) in [5.41, 5.74) is 5.61. The van der Waals surface area contributed by atoms with E-state index in [1.54, 1.807) is 12.4 Å². The first-order valence-corrected chi connectivity index (χ1v) is 9.18. The van der Waals surface area contributed by atoms with Gasteiger partial charge in [0.15, 0.2) is 0 Å². The standard InChI is InChI=1S/C23H25N3O/c1-16(2)21-11-7-8-17(3)22(21)26-23(27)19-12-20(15-24-14-19)25-13-18-9-5-4-6-10-18/h4-12,14-16,25H,13H2,1-3H3,(H,26,27). The lowest BCUT2D eigenvalue weighted by Crippen LogP contribution is -2.15. The first-order valence-electron chi connectivity index (χ1n) is 9.18. The summed E-state index contributed by atoms with van der Waals surface area (Å²) in [7, 11) is 0. The first-order chi connectivity index (χ1) is 13.0. The minimum absolute atomic E-state index is 0.151. The monoisotopic (exact) mass is 359 g/mol. The van der Waals surface area contributed by atoms with Crippen LogP contribution in [0.5, 0.6) is 0 Å². The average molecular weight is 359 g/mol. The highest BCUT2D eigenvalue weighted by Crippen LogP contribution is 2.28. The van der Waals surface area contributed by atoms with Gasteiger partial charge in [0.2, 0.25) is 0 Å². The van der Waals surface area contributed by atoms with Crippen molar-refractivity contribution in [2.75, 3.05) is 10.6 Å². The number of anilines is 2. The molecule has 0 atom stereocenters. The van der Waals surface area contributed by atoms with E-state index in [1.807, 2.05) is 43.3 Å². The van der Waals surface area contributed by atoms with Crippen LogP contribution in [-0.2, 0) is 6.54 Å². The third kappa shape index (κ3) is 4.73. The Hall–Kier alpha value is -3.14. The molecule has 4 nitrogen and oxygen atoms in total. The number of carbonyl (C=O) groups excluding carboxylic acids is 1. The molecule has 3 aromatic rings. The fraction of sp³-hybridized carbons (Fsp3) is 0.217. The lowest BCUT2D eigenvalue weighted by atomic mass is 9.98. The molecule has 0 saturated heterocycles. The van der Waals surface area contributed by atoms with Crippen LogP contribution in [0.3, 0.4) is 0 Å². The van der Waals surface area contributed by atoms with E-state index in [2.05, 4.69) is 47.7 Å². The maximum atomic E-state index is 12.8. The van der Waals surface area contributed by atoms with E-state index < -0.39 is 0 Å². The van der Waals surface area contributed by atoms with Gasteiger partial charge >= 0.3 is 0 Å². The van der Waals surface area contributed by atoms with Crippen LogP contribution in [0.1, 0.15) is 46.8 Å². The van der Waals surface area contributed by atoms with Crippen LogP contribution in [0.25, 0.3) is 0 Å². The van der Waals surface area contributed by atoms with Gasteiger partial charge < -0.3 is 10.6 Å². The Morgan fingerprint density at radius 1 is 1.04 bits per heavy atom. The molecule has 0 aliphatic carbocycles. The highest BCUT2D eigenvalue weighted by molar-refractivity contribution is 6.05. The van der Waals surface area contributed by atoms with Gasteiger partial charge in [-0.1, -0.05) is 62.4 Å². The zero-order valence-corrected chi connectivity index (χ0v) is 16.0. The molecule has 1 amide bonds. The van der Waals surface area contributed by atoms with E-state index in [0.717, 1.165) is 22.5 Å². The number of hydrogen-bond donors (Lipinski definition) is 2. The number of amides is 1. The topological polar surface area (TPSA) is 54.0 Å². The number of pyridine rings is 1. The summed E-state index contributed by atoms with van der Waals surface area (Å²) >= 11 is 0. The van der Waals surface area contributed by atoms with E-state index >= 15 is 0 Å². The highest BCUT2D eigenvalue weighted by Gasteiger charge is 2.14. The van der Waals surface area contributed by atoms with E-state index in [-0.39, 0.29) is 5.91 Å². The van der Waals surface area contributed by atoms with E-state index in [9.17, 15) is 4.79 Å². The fourth-order valence-electron chi connectivity index (χ4n) is 2.99. The van der Waals surface area contributed by atoms with Crippen molar-refractivity contribution >= 4 is 17.3 Å². The van der Waals surface area contributed by atoms with Crippen molar-refractivity contribution in [1.29, 1.82) is 0 Å². The lowest BCUT2D eigenvalue weighted by Gasteiger charge is -2.16. The van der Waals surface area contributed by atoms with Crippen molar-refractivity contribution in [2.45, 2.75) is 33.2 Å². The largest absolute Gasteiger partial charge is 0.380 e. The second-order valence-corrected chi connectivity index (χ2v) is 6.95. The highest BCUT2D eigenvalue weighted by atomic mass is 16.1. The van der Waals surface area contributed by atoms with Crippen LogP contribution in [0.4, 0.5) is 11.4 Å². The van der Waals surface area contributed by atoms with Gasteiger partial charge in [-0.15, -0.1) is 0 Å². The molecule has 4 heteroatoms. The molecular weight excluding hydrogens is 334 g/mol. The van der Waals surface area contributed by atoms with Crippen molar-refractivity contribution < 1.29 is 4.79 Å². The normalized spacial score (nSPS) is 10.7. The van der Waals surface area contributed by atoms with Crippen LogP contribution in [0.2, 0.25) is 0 Å². The molecule has 0 aliphatic rings. The lowest BCUT2D eigenvalue weighted by molar-refractivity contribution is 0.102. The zero-order chi connectivity index (χ0) is 19.2. The molecule has 1 aromatic heterocycles. The van der Waals surface area contributed by atoms with Crippen molar-refractivity contribution in [3.8, 4) is 0 Å². The number of benzene rings is 2. The molecule has 0 fully saturated rings. The predicted octanol–water partition coefficient (Wildman–Crippen LogP) is 5.38. The summed E-state index contributed by atoms with van der Waals surface area (Å²) in [6.07, 6.45) is 3.32.